The predicted molar refractivity (Wildman–Crippen MR) is 230 cm³/mol. The van der Waals surface area contributed by atoms with Gasteiger partial charge < -0.3 is 9.47 Å². The zero-order chi connectivity index (χ0) is 35.8. The fraction of sp³-hybridized carbons (Fsp3) is 0.115. The van der Waals surface area contributed by atoms with Gasteiger partial charge in [0.15, 0.2) is 0 Å². The van der Waals surface area contributed by atoms with Crippen molar-refractivity contribution < 1.29 is 0 Å². The number of fused-ring (bicyclic) bond motifs is 4. The Morgan fingerprint density at radius 1 is 0.352 bits per heavy atom. The largest absolute Gasteiger partial charge is 0.337 e. The van der Waals surface area contributed by atoms with Crippen molar-refractivity contribution in [3.63, 3.8) is 0 Å². The summed E-state index contributed by atoms with van der Waals surface area (Å²) >= 11 is 0. The molecule has 0 bridgehead atoms. The second-order valence-electron chi connectivity index (χ2n) is 14.7. The zero-order valence-electron chi connectivity index (χ0n) is 30.4. The van der Waals surface area contributed by atoms with E-state index in [1.54, 1.807) is 0 Å². The Morgan fingerprint density at radius 2 is 0.833 bits per heavy atom. The van der Waals surface area contributed by atoms with Gasteiger partial charge in [0, 0.05) is 44.9 Å². The monoisotopic (exact) mass is 694 g/mol. The SMILES string of the molecule is c1ccc(-c2ccc(N(c3ccccc3)c3ccc(-c4ccc(-c5ccc6c(c5)c5ccccc5n6C5CCCCC5)c5ccccc45)cc3)cc2)cc1. The molecule has 1 aliphatic carbocycles. The van der Waals surface area contributed by atoms with Crippen LogP contribution in [0.3, 0.4) is 0 Å². The van der Waals surface area contributed by atoms with Crippen molar-refractivity contribution in [2.24, 2.45) is 0 Å². The van der Waals surface area contributed by atoms with Gasteiger partial charge >= 0.3 is 0 Å². The average Bonchev–Trinajstić information content (AvgIpc) is 3.59. The van der Waals surface area contributed by atoms with E-state index < -0.39 is 0 Å². The quantitative estimate of drug-likeness (QED) is 0.161. The molecule has 2 nitrogen and oxygen atoms in total. The van der Waals surface area contributed by atoms with Gasteiger partial charge in [-0.25, -0.2) is 0 Å². The van der Waals surface area contributed by atoms with Gasteiger partial charge in [-0.15, -0.1) is 0 Å². The van der Waals surface area contributed by atoms with Crippen molar-refractivity contribution >= 4 is 49.6 Å². The molecule has 0 unspecified atom stereocenters. The normalized spacial score (nSPS) is 13.5. The van der Waals surface area contributed by atoms with E-state index in [1.807, 2.05) is 0 Å². The van der Waals surface area contributed by atoms with Crippen LogP contribution in [0.5, 0.6) is 0 Å². The Bertz CT molecular complexity index is 2720. The third-order valence-electron chi connectivity index (χ3n) is 11.6. The summed E-state index contributed by atoms with van der Waals surface area (Å²) < 4.78 is 2.65. The first-order valence-electron chi connectivity index (χ1n) is 19.5. The molecule has 1 fully saturated rings. The molecule has 1 aromatic heterocycles. The Morgan fingerprint density at radius 3 is 1.50 bits per heavy atom. The Balaban J connectivity index is 1.02. The van der Waals surface area contributed by atoms with Crippen molar-refractivity contribution in [2.75, 3.05) is 4.90 Å². The summed E-state index contributed by atoms with van der Waals surface area (Å²) in [6.07, 6.45) is 6.56. The summed E-state index contributed by atoms with van der Waals surface area (Å²) in [5.74, 6) is 0. The van der Waals surface area contributed by atoms with E-state index in [0.717, 1.165) is 17.1 Å². The molecule has 0 radical (unpaired) electrons. The molecule has 54 heavy (non-hydrogen) atoms. The number of aromatic nitrogens is 1. The van der Waals surface area contributed by atoms with Gasteiger partial charge in [-0.3, -0.25) is 0 Å². The van der Waals surface area contributed by atoms with Crippen LogP contribution in [0.1, 0.15) is 38.1 Å². The summed E-state index contributed by atoms with van der Waals surface area (Å²) in [7, 11) is 0. The van der Waals surface area contributed by atoms with Gasteiger partial charge in [-0.2, -0.15) is 0 Å². The van der Waals surface area contributed by atoms with Gasteiger partial charge in [0.1, 0.15) is 0 Å². The minimum atomic E-state index is 0.582. The van der Waals surface area contributed by atoms with E-state index in [0.29, 0.717) is 6.04 Å². The molecule has 0 saturated heterocycles. The first-order chi connectivity index (χ1) is 26.8. The summed E-state index contributed by atoms with van der Waals surface area (Å²) in [4.78, 5) is 2.33. The second-order valence-corrected chi connectivity index (χ2v) is 14.7. The van der Waals surface area contributed by atoms with Crippen molar-refractivity contribution in [1.82, 2.24) is 4.57 Å². The molecule has 0 spiro atoms. The molecule has 1 heterocycles. The van der Waals surface area contributed by atoms with Crippen LogP contribution >= 0.6 is 0 Å². The van der Waals surface area contributed by atoms with E-state index in [1.165, 1.54) is 98.1 Å². The average molecular weight is 695 g/mol. The van der Waals surface area contributed by atoms with Crippen LogP contribution in [0.15, 0.2) is 188 Å². The van der Waals surface area contributed by atoms with Crippen molar-refractivity contribution in [3.05, 3.63) is 188 Å². The van der Waals surface area contributed by atoms with Crippen molar-refractivity contribution in [2.45, 2.75) is 38.1 Å². The molecule has 0 amide bonds. The van der Waals surface area contributed by atoms with E-state index in [-0.39, 0.29) is 0 Å². The molecule has 2 heteroatoms. The summed E-state index contributed by atoms with van der Waals surface area (Å²) in [5.41, 5.74) is 13.5. The summed E-state index contributed by atoms with van der Waals surface area (Å²) in [6.45, 7) is 0. The van der Waals surface area contributed by atoms with Gasteiger partial charge in [0.25, 0.3) is 0 Å². The van der Waals surface area contributed by atoms with Gasteiger partial charge in [-0.05, 0) is 112 Å². The summed E-state index contributed by atoms with van der Waals surface area (Å²) in [6, 6.07) is 69.5. The lowest BCUT2D eigenvalue weighted by atomic mass is 9.91. The minimum Gasteiger partial charge on any atom is -0.337 e. The fourth-order valence-electron chi connectivity index (χ4n) is 8.95. The lowest BCUT2D eigenvalue weighted by molar-refractivity contribution is 0.367. The van der Waals surface area contributed by atoms with Crippen LogP contribution < -0.4 is 4.90 Å². The number of hydrogen-bond donors (Lipinski definition) is 0. The molecular formula is C52H42N2. The number of para-hydroxylation sites is 2. The standard InChI is InChI=1S/C52H42N2/c1-4-14-37(15-5-1)38-24-29-43(30-25-38)53(41-16-6-2-7-17-41)44-31-26-39(27-32-44)45-33-34-46(48-21-11-10-20-47(45)48)40-28-35-52-50(36-40)49-22-12-13-23-51(49)54(52)42-18-8-3-9-19-42/h1-2,4-7,10-17,20-36,42H,3,8-9,18-19H2. The van der Waals surface area contributed by atoms with Crippen LogP contribution in [0, 0.1) is 0 Å². The molecule has 1 aliphatic rings. The molecule has 10 rings (SSSR count). The lowest BCUT2D eigenvalue weighted by Crippen LogP contribution is -2.12. The first-order valence-corrected chi connectivity index (χ1v) is 19.5. The highest BCUT2D eigenvalue weighted by Crippen LogP contribution is 2.42. The smallest absolute Gasteiger partial charge is 0.0494 e. The van der Waals surface area contributed by atoms with Gasteiger partial charge in [-0.1, -0.05) is 153 Å². The van der Waals surface area contributed by atoms with Crippen molar-refractivity contribution in [3.8, 4) is 33.4 Å². The van der Waals surface area contributed by atoms with Gasteiger partial charge in [0.05, 0.1) is 0 Å². The third kappa shape index (κ3) is 5.76. The number of rotatable bonds is 7. The van der Waals surface area contributed by atoms with E-state index in [9.17, 15) is 0 Å². The molecule has 8 aromatic carbocycles. The van der Waals surface area contributed by atoms with Crippen LogP contribution in [-0.4, -0.2) is 4.57 Å². The lowest BCUT2D eigenvalue weighted by Gasteiger charge is -2.26. The topological polar surface area (TPSA) is 8.17 Å². The number of benzene rings is 8. The molecule has 0 N–H and O–H groups in total. The van der Waals surface area contributed by atoms with Crippen LogP contribution in [0.4, 0.5) is 17.1 Å². The van der Waals surface area contributed by atoms with E-state index in [4.69, 9.17) is 0 Å². The van der Waals surface area contributed by atoms with E-state index in [2.05, 4.69) is 198 Å². The maximum absolute atomic E-state index is 2.65. The third-order valence-corrected chi connectivity index (χ3v) is 11.6. The van der Waals surface area contributed by atoms with E-state index >= 15 is 0 Å². The van der Waals surface area contributed by atoms with Crippen LogP contribution in [0.25, 0.3) is 66.0 Å². The first kappa shape index (κ1) is 32.3. The highest BCUT2D eigenvalue weighted by molar-refractivity contribution is 6.11. The predicted octanol–water partition coefficient (Wildman–Crippen LogP) is 14.9. The molecule has 9 aromatic rings. The maximum atomic E-state index is 2.65. The second kappa shape index (κ2) is 13.9. The minimum absolute atomic E-state index is 0.582. The Labute approximate surface area is 317 Å². The number of anilines is 3. The molecule has 0 atom stereocenters. The Hall–Kier alpha value is -6.38. The highest BCUT2D eigenvalue weighted by Gasteiger charge is 2.21. The fourth-order valence-corrected chi connectivity index (χ4v) is 8.95. The molecular weight excluding hydrogens is 653 g/mol. The molecule has 0 aliphatic heterocycles. The van der Waals surface area contributed by atoms with Crippen LogP contribution in [0.2, 0.25) is 0 Å². The zero-order valence-corrected chi connectivity index (χ0v) is 30.4. The highest BCUT2D eigenvalue weighted by atomic mass is 15.1. The Kier molecular flexibility index (Phi) is 8.30. The van der Waals surface area contributed by atoms with Crippen molar-refractivity contribution in [1.29, 1.82) is 0 Å². The molecule has 260 valence electrons. The number of nitrogens with zero attached hydrogens (tertiary/aromatic N) is 2. The maximum Gasteiger partial charge on any atom is 0.0494 e. The molecule has 1 saturated carbocycles. The van der Waals surface area contributed by atoms with Gasteiger partial charge in [0.2, 0.25) is 0 Å². The number of hydrogen-bond acceptors (Lipinski definition) is 1. The summed E-state index contributed by atoms with van der Waals surface area (Å²) in [5, 5.41) is 5.26. The van der Waals surface area contributed by atoms with Crippen LogP contribution in [-0.2, 0) is 0 Å².